The third kappa shape index (κ3) is 28.3. The van der Waals surface area contributed by atoms with Crippen LogP contribution in [0.25, 0.3) is 0 Å². The Hall–Kier alpha value is 2.94. The van der Waals surface area contributed by atoms with E-state index in [1.807, 2.05) is 0 Å². The van der Waals surface area contributed by atoms with Gasteiger partial charge in [-0.15, -0.1) is 0 Å². The average molecular weight is 267 g/mol. The van der Waals surface area contributed by atoms with Crippen molar-refractivity contribution in [3.63, 3.8) is 0 Å². The molecule has 0 fully saturated rings. The molecule has 0 nitrogen and oxygen atoms in total. The molecule has 0 amide bonds. The van der Waals surface area contributed by atoms with Gasteiger partial charge in [-0.3, -0.25) is 0 Å². The van der Waals surface area contributed by atoms with Crippen LogP contribution in [0.15, 0.2) is 0 Å². The molecule has 0 atom stereocenters. The molecule has 0 aliphatic heterocycles. The Morgan fingerprint density at radius 3 is 0.500 bits per heavy atom. The molecule has 6 heteroatoms. The van der Waals surface area contributed by atoms with Crippen molar-refractivity contribution in [3.05, 3.63) is 0 Å². The van der Waals surface area contributed by atoms with Gasteiger partial charge in [0, 0.05) is 0 Å². The van der Waals surface area contributed by atoms with Crippen LogP contribution in [0.5, 0.6) is 0 Å². The van der Waals surface area contributed by atoms with Gasteiger partial charge >= 0.3 is 101 Å². The molecule has 0 rings (SSSR count). The minimum atomic E-state index is 0. The molecule has 0 aromatic carbocycles. The Labute approximate surface area is 116 Å². The van der Waals surface area contributed by atoms with E-state index in [2.05, 4.69) is 0 Å². The molecule has 0 aromatic rings. The predicted molar refractivity (Wildman–Crippen MR) is 0 cm³/mol. The van der Waals surface area contributed by atoms with E-state index in [9.17, 15) is 0 Å². The first-order valence-electron chi connectivity index (χ1n) is 0. The zero-order valence-electron chi connectivity index (χ0n) is 2.89. The van der Waals surface area contributed by atoms with Gasteiger partial charge in [-0.1, -0.05) is 0 Å². The van der Waals surface area contributed by atoms with Crippen molar-refractivity contribution in [3.8, 4) is 0 Å². The summed E-state index contributed by atoms with van der Waals surface area (Å²) in [4.78, 5) is 0. The minimum Gasteiger partial charge on any atom is -1.00 e. The second kappa shape index (κ2) is 44.2. The molecule has 0 aliphatic rings. The van der Waals surface area contributed by atoms with Crippen molar-refractivity contribution in [1.29, 1.82) is 0 Å². The molecule has 0 radical (unpaired) electrons. The van der Waals surface area contributed by atoms with Gasteiger partial charge in [0.25, 0.3) is 0 Å². The van der Waals surface area contributed by atoms with Gasteiger partial charge in [0.15, 0.2) is 0 Å². The SMILES string of the molecule is [Eu+3].[F-].[F-].[F-].[F-].[K+]. The summed E-state index contributed by atoms with van der Waals surface area (Å²) >= 11 is 0. The van der Waals surface area contributed by atoms with E-state index in [1.165, 1.54) is 0 Å². The monoisotopic (exact) mass is 268 g/mol. The fourth-order valence-corrected chi connectivity index (χ4v) is 0. The van der Waals surface area contributed by atoms with Gasteiger partial charge in [-0.05, 0) is 0 Å². The third-order valence-electron chi connectivity index (χ3n) is 0. The molecule has 0 N–H and O–H groups in total. The standard InChI is InChI=1S/Eu.4FH.K/h;4*1H;/q+3;;;;;+1/p-4. The molecule has 0 aromatic heterocycles. The molecule has 0 unspecified atom stereocenters. The smallest absolute Gasteiger partial charge is 1.00 e. The summed E-state index contributed by atoms with van der Waals surface area (Å²) in [6.45, 7) is 0. The molecular weight excluding hydrogens is 267 g/mol. The van der Waals surface area contributed by atoms with Crippen molar-refractivity contribution in [2.24, 2.45) is 0 Å². The van der Waals surface area contributed by atoms with Crippen LogP contribution < -0.4 is 70.2 Å². The molecule has 6 heavy (non-hydrogen) atoms. The van der Waals surface area contributed by atoms with E-state index in [1.54, 1.807) is 0 Å². The van der Waals surface area contributed by atoms with Gasteiger partial charge in [-0.2, -0.15) is 0 Å². The number of halogens is 4. The molecule has 0 bridgehead atoms. The second-order valence-electron chi connectivity index (χ2n) is 0. The third-order valence-corrected chi connectivity index (χ3v) is 0. The van der Waals surface area contributed by atoms with E-state index < -0.39 is 0 Å². The Balaban J connectivity index is 0. The van der Waals surface area contributed by atoms with Crippen molar-refractivity contribution in [2.45, 2.75) is 0 Å². The molecule has 0 saturated carbocycles. The van der Waals surface area contributed by atoms with E-state index in [0.717, 1.165) is 0 Å². The Bertz CT molecular complexity index is 7.51. The first kappa shape index (κ1) is 65.2. The Morgan fingerprint density at radius 2 is 0.500 bits per heavy atom. The molecule has 0 saturated heterocycles. The Kier molecular flexibility index (Phi) is 481. The van der Waals surface area contributed by atoms with Crippen molar-refractivity contribution in [1.82, 2.24) is 0 Å². The number of hydrogen-bond donors (Lipinski definition) is 0. The van der Waals surface area contributed by atoms with Gasteiger partial charge in [0.1, 0.15) is 0 Å². The zero-order chi connectivity index (χ0) is 0. The second-order valence-corrected chi connectivity index (χ2v) is 0. The van der Waals surface area contributed by atoms with Crippen LogP contribution in [0.2, 0.25) is 0 Å². The van der Waals surface area contributed by atoms with Gasteiger partial charge in [0.2, 0.25) is 0 Å². The molecule has 0 spiro atoms. The number of rotatable bonds is 0. The first-order valence-corrected chi connectivity index (χ1v) is 0. The Morgan fingerprint density at radius 1 is 0.500 bits per heavy atom. The zero-order valence-corrected chi connectivity index (χ0v) is 8.44. The molecule has 0 aliphatic carbocycles. The van der Waals surface area contributed by atoms with Crippen LogP contribution in [0.4, 0.5) is 0 Å². The first-order chi connectivity index (χ1) is 0. The van der Waals surface area contributed by atoms with Crippen molar-refractivity contribution < 1.29 is 120 Å². The number of hydrogen-bond acceptors (Lipinski definition) is 0. The summed E-state index contributed by atoms with van der Waals surface area (Å²) in [5.74, 6) is 0. The quantitative estimate of drug-likeness (QED) is 0.302. The van der Waals surface area contributed by atoms with Crippen LogP contribution >= 0.6 is 0 Å². The van der Waals surface area contributed by atoms with Gasteiger partial charge in [-0.25, -0.2) is 0 Å². The van der Waals surface area contributed by atoms with Crippen LogP contribution in [-0.4, -0.2) is 0 Å². The molecule has 36 valence electrons. The average Bonchev–Trinajstić information content (AvgIpc) is 0. The minimum absolute atomic E-state index is 0. The largest absolute Gasteiger partial charge is 3.00 e. The summed E-state index contributed by atoms with van der Waals surface area (Å²) in [5.41, 5.74) is 0. The van der Waals surface area contributed by atoms with Crippen LogP contribution in [0.3, 0.4) is 0 Å². The van der Waals surface area contributed by atoms with Crippen LogP contribution in [0, 0.1) is 49.4 Å². The maximum Gasteiger partial charge on any atom is 3.00 e. The molecular formula is EuF4K. The van der Waals surface area contributed by atoms with Gasteiger partial charge < -0.3 is 18.8 Å². The van der Waals surface area contributed by atoms with E-state index in [4.69, 9.17) is 0 Å². The van der Waals surface area contributed by atoms with Crippen LogP contribution in [-0.2, 0) is 0 Å². The summed E-state index contributed by atoms with van der Waals surface area (Å²) in [6.07, 6.45) is 0. The molecule has 0 heterocycles. The summed E-state index contributed by atoms with van der Waals surface area (Å²) in [7, 11) is 0. The summed E-state index contributed by atoms with van der Waals surface area (Å²) < 4.78 is 0. The maximum atomic E-state index is 0. The van der Waals surface area contributed by atoms with E-state index in [-0.39, 0.29) is 120 Å². The summed E-state index contributed by atoms with van der Waals surface area (Å²) in [5, 5.41) is 0. The topological polar surface area (TPSA) is 0 Å². The van der Waals surface area contributed by atoms with Crippen LogP contribution in [0.1, 0.15) is 0 Å². The fraction of sp³-hybridized carbons (Fsp3) is 0. The normalized spacial score (nSPS) is 0. The summed E-state index contributed by atoms with van der Waals surface area (Å²) in [6, 6.07) is 0. The van der Waals surface area contributed by atoms with Crippen molar-refractivity contribution in [2.75, 3.05) is 0 Å². The van der Waals surface area contributed by atoms with E-state index in [0.29, 0.717) is 0 Å². The van der Waals surface area contributed by atoms with E-state index >= 15 is 0 Å². The maximum absolute atomic E-state index is 0. The predicted octanol–water partition coefficient (Wildman–Crippen LogP) is -15.0. The van der Waals surface area contributed by atoms with Crippen molar-refractivity contribution >= 4 is 0 Å². The fourth-order valence-electron chi connectivity index (χ4n) is 0. The van der Waals surface area contributed by atoms with Gasteiger partial charge in [0.05, 0.1) is 0 Å².